The average Bonchev–Trinajstić information content (AvgIpc) is 2.55. The number of hydrogen-bond donors (Lipinski definition) is 0. The van der Waals surface area contributed by atoms with Crippen molar-refractivity contribution in [3.05, 3.63) is 23.3 Å². The van der Waals surface area contributed by atoms with E-state index in [2.05, 4.69) is 19.8 Å². The number of halogens is 1. The number of hydrogen-bond acceptors (Lipinski definition) is 6. The smallest absolute Gasteiger partial charge is 0.341 e. The summed E-state index contributed by atoms with van der Waals surface area (Å²) in [5.41, 5.74) is 0.921. The summed E-state index contributed by atoms with van der Waals surface area (Å²) in [5.74, 6) is 0.525. The number of nitrogens with zero attached hydrogens (tertiary/aromatic N) is 4. The third-order valence-electron chi connectivity index (χ3n) is 4.09. The lowest BCUT2D eigenvalue weighted by Crippen LogP contribution is -2.57. The summed E-state index contributed by atoms with van der Waals surface area (Å²) in [5, 5.41) is 0. The van der Waals surface area contributed by atoms with E-state index in [0.29, 0.717) is 17.9 Å². The quantitative estimate of drug-likeness (QED) is 0.612. The first-order valence-corrected chi connectivity index (χ1v) is 7.81. The molecule has 0 saturated carbocycles. The molecule has 7 heteroatoms. The molecule has 0 radical (unpaired) electrons. The lowest BCUT2D eigenvalue weighted by atomic mass is 10.1. The molecular formula is C14H19ClN4O2. The Bertz CT molecular complexity index is 532. The van der Waals surface area contributed by atoms with Crippen molar-refractivity contribution in [3.63, 3.8) is 0 Å². The Hall–Kier alpha value is -1.24. The zero-order valence-corrected chi connectivity index (χ0v) is 12.8. The summed E-state index contributed by atoms with van der Waals surface area (Å²) in [6.45, 7) is 7.36. The van der Waals surface area contributed by atoms with Crippen LogP contribution in [-0.4, -0.2) is 65.1 Å². The Morgan fingerprint density at radius 2 is 2.19 bits per heavy atom. The minimum Gasteiger partial charge on any atom is -0.462 e. The fourth-order valence-electron chi connectivity index (χ4n) is 2.94. The van der Waals surface area contributed by atoms with Gasteiger partial charge in [-0.1, -0.05) is 0 Å². The van der Waals surface area contributed by atoms with Crippen LogP contribution in [0.5, 0.6) is 0 Å². The predicted molar refractivity (Wildman–Crippen MR) is 78.3 cm³/mol. The molecule has 3 saturated heterocycles. The molecule has 0 spiro atoms. The number of rotatable bonds is 4. The molecule has 0 N–H and O–H groups in total. The van der Waals surface area contributed by atoms with Gasteiger partial charge in [0.2, 0.25) is 0 Å². The van der Waals surface area contributed by atoms with Gasteiger partial charge < -0.3 is 4.74 Å². The molecular weight excluding hydrogens is 292 g/mol. The summed E-state index contributed by atoms with van der Waals surface area (Å²) in [6.07, 6.45) is 1.55. The van der Waals surface area contributed by atoms with Crippen LogP contribution < -0.4 is 0 Å². The number of carbonyl (C=O) groups is 1. The molecule has 4 rings (SSSR count). The van der Waals surface area contributed by atoms with Gasteiger partial charge in [0.15, 0.2) is 0 Å². The monoisotopic (exact) mass is 310 g/mol. The number of carbonyl (C=O) groups excluding carboxylic acids is 1. The number of fused-ring (bicyclic) bond motifs is 3. The van der Waals surface area contributed by atoms with Crippen LogP contribution in [0.1, 0.15) is 34.8 Å². The van der Waals surface area contributed by atoms with Gasteiger partial charge in [0.25, 0.3) is 0 Å². The summed E-state index contributed by atoms with van der Waals surface area (Å²) >= 11 is 5.94. The molecule has 1 unspecified atom stereocenters. The van der Waals surface area contributed by atoms with Crippen LogP contribution in [0.2, 0.25) is 0 Å². The van der Waals surface area contributed by atoms with Gasteiger partial charge in [-0.2, -0.15) is 0 Å². The van der Waals surface area contributed by atoms with Gasteiger partial charge in [-0.3, -0.25) is 9.80 Å². The number of esters is 1. The highest BCUT2D eigenvalue weighted by Gasteiger charge is 2.34. The van der Waals surface area contributed by atoms with E-state index in [0.717, 1.165) is 38.5 Å². The van der Waals surface area contributed by atoms with Crippen LogP contribution >= 0.6 is 11.6 Å². The lowest BCUT2D eigenvalue weighted by Gasteiger charge is -2.46. The fourth-order valence-corrected chi connectivity index (χ4v) is 3.14. The molecule has 0 aromatic carbocycles. The van der Waals surface area contributed by atoms with Crippen LogP contribution in [0.3, 0.4) is 0 Å². The SMILES string of the molecule is CCOC(=O)c1cnc(C2CN3CCN2CC3)nc1CCl. The van der Waals surface area contributed by atoms with Crippen molar-refractivity contribution in [1.82, 2.24) is 19.8 Å². The molecule has 6 nitrogen and oxygen atoms in total. The predicted octanol–water partition coefficient (Wildman–Crippen LogP) is 1.06. The number of aromatic nitrogens is 2. The fraction of sp³-hybridized carbons (Fsp3) is 0.643. The third kappa shape index (κ3) is 2.88. The van der Waals surface area contributed by atoms with Gasteiger partial charge >= 0.3 is 5.97 Å². The molecule has 2 bridgehead atoms. The van der Waals surface area contributed by atoms with E-state index in [-0.39, 0.29) is 11.9 Å². The standard InChI is InChI=1S/C14H19ClN4O2/c1-2-21-14(20)10-8-16-13(17-11(10)7-15)12-9-18-3-5-19(12)6-4-18/h8,12H,2-7,9H2,1H3. The second kappa shape index (κ2) is 6.25. The van der Waals surface area contributed by atoms with Gasteiger partial charge in [-0.05, 0) is 6.92 Å². The van der Waals surface area contributed by atoms with Gasteiger partial charge in [0, 0.05) is 38.9 Å². The van der Waals surface area contributed by atoms with E-state index in [1.54, 1.807) is 13.1 Å². The zero-order chi connectivity index (χ0) is 14.8. The molecule has 3 aliphatic heterocycles. The molecule has 4 heterocycles. The van der Waals surface area contributed by atoms with Crippen molar-refractivity contribution in [1.29, 1.82) is 0 Å². The third-order valence-corrected chi connectivity index (χ3v) is 4.34. The lowest BCUT2D eigenvalue weighted by molar-refractivity contribution is 0.00852. The van der Waals surface area contributed by atoms with E-state index in [1.807, 2.05) is 0 Å². The molecule has 21 heavy (non-hydrogen) atoms. The van der Waals surface area contributed by atoms with Gasteiger partial charge in [0.05, 0.1) is 24.2 Å². The van der Waals surface area contributed by atoms with E-state index in [1.165, 1.54) is 0 Å². The Morgan fingerprint density at radius 1 is 1.43 bits per heavy atom. The summed E-state index contributed by atoms with van der Waals surface area (Å²) in [4.78, 5) is 25.6. The van der Waals surface area contributed by atoms with Crippen molar-refractivity contribution in [3.8, 4) is 0 Å². The van der Waals surface area contributed by atoms with Crippen LogP contribution in [0, 0.1) is 0 Å². The number of piperazine rings is 3. The minimum absolute atomic E-state index is 0.181. The van der Waals surface area contributed by atoms with Crippen molar-refractivity contribution >= 4 is 17.6 Å². The molecule has 0 aliphatic carbocycles. The van der Waals surface area contributed by atoms with Gasteiger partial charge in [-0.25, -0.2) is 14.8 Å². The maximum Gasteiger partial charge on any atom is 0.341 e. The van der Waals surface area contributed by atoms with Crippen molar-refractivity contribution in [2.75, 3.05) is 39.3 Å². The average molecular weight is 311 g/mol. The van der Waals surface area contributed by atoms with Crippen LogP contribution in [0.4, 0.5) is 0 Å². The molecule has 0 amide bonds. The van der Waals surface area contributed by atoms with Crippen LogP contribution in [0.15, 0.2) is 6.20 Å². The van der Waals surface area contributed by atoms with Crippen LogP contribution in [0.25, 0.3) is 0 Å². The van der Waals surface area contributed by atoms with Gasteiger partial charge in [-0.15, -0.1) is 11.6 Å². The first kappa shape index (κ1) is 14.7. The molecule has 1 aromatic heterocycles. The Balaban J connectivity index is 1.86. The van der Waals surface area contributed by atoms with Gasteiger partial charge in [0.1, 0.15) is 11.4 Å². The highest BCUT2D eigenvalue weighted by Crippen LogP contribution is 2.27. The second-order valence-corrected chi connectivity index (χ2v) is 5.56. The van der Waals surface area contributed by atoms with Crippen molar-refractivity contribution in [2.24, 2.45) is 0 Å². The Morgan fingerprint density at radius 3 is 2.76 bits per heavy atom. The van der Waals surface area contributed by atoms with E-state index in [4.69, 9.17) is 16.3 Å². The molecule has 3 aliphatic rings. The first-order chi connectivity index (χ1) is 10.2. The Labute approximate surface area is 129 Å². The highest BCUT2D eigenvalue weighted by atomic mass is 35.5. The maximum atomic E-state index is 11.9. The maximum absolute atomic E-state index is 11.9. The molecule has 3 fully saturated rings. The molecule has 1 aromatic rings. The number of ether oxygens (including phenoxy) is 1. The first-order valence-electron chi connectivity index (χ1n) is 7.28. The highest BCUT2D eigenvalue weighted by molar-refractivity contribution is 6.17. The minimum atomic E-state index is -0.408. The molecule has 114 valence electrons. The summed E-state index contributed by atoms with van der Waals surface area (Å²) in [7, 11) is 0. The topological polar surface area (TPSA) is 58.6 Å². The normalized spacial score (nSPS) is 27.6. The van der Waals surface area contributed by atoms with Crippen molar-refractivity contribution in [2.45, 2.75) is 18.8 Å². The van der Waals surface area contributed by atoms with Crippen molar-refractivity contribution < 1.29 is 9.53 Å². The van der Waals surface area contributed by atoms with Crippen LogP contribution in [-0.2, 0) is 10.6 Å². The zero-order valence-electron chi connectivity index (χ0n) is 12.1. The van der Waals surface area contributed by atoms with E-state index >= 15 is 0 Å². The second-order valence-electron chi connectivity index (χ2n) is 5.30. The Kier molecular flexibility index (Phi) is 4.37. The summed E-state index contributed by atoms with van der Waals surface area (Å²) < 4.78 is 5.01. The van der Waals surface area contributed by atoms with E-state index < -0.39 is 5.97 Å². The summed E-state index contributed by atoms with van der Waals surface area (Å²) in [6, 6.07) is 0.200. The molecule has 1 atom stereocenters. The van der Waals surface area contributed by atoms with E-state index in [9.17, 15) is 4.79 Å². The number of alkyl halides is 1. The largest absolute Gasteiger partial charge is 0.462 e.